The summed E-state index contributed by atoms with van der Waals surface area (Å²) in [6.45, 7) is 5.50. The van der Waals surface area contributed by atoms with Crippen LogP contribution >= 0.6 is 0 Å². The van der Waals surface area contributed by atoms with Gasteiger partial charge in [-0.1, -0.05) is 25.1 Å². The van der Waals surface area contributed by atoms with Crippen LogP contribution in [0, 0.1) is 0 Å². The predicted octanol–water partition coefficient (Wildman–Crippen LogP) is 2.28. The Hall–Kier alpha value is -0.820. The predicted molar refractivity (Wildman–Crippen MR) is 55.8 cm³/mol. The van der Waals surface area contributed by atoms with Crippen LogP contribution in [0.5, 0.6) is 0 Å². The highest BCUT2D eigenvalue weighted by Gasteiger charge is 2.13. The van der Waals surface area contributed by atoms with Crippen molar-refractivity contribution in [3.05, 3.63) is 34.9 Å². The maximum Gasteiger partial charge on any atom is 0.0210 e. The van der Waals surface area contributed by atoms with E-state index in [2.05, 4.69) is 37.4 Å². The Morgan fingerprint density at radius 3 is 3.00 bits per heavy atom. The van der Waals surface area contributed by atoms with Crippen LogP contribution in [0.15, 0.2) is 18.2 Å². The van der Waals surface area contributed by atoms with Crippen LogP contribution in [0.25, 0.3) is 0 Å². The second kappa shape index (κ2) is 3.51. The number of nitrogens with one attached hydrogen (secondary N) is 1. The zero-order valence-electron chi connectivity index (χ0n) is 8.43. The molecule has 1 aliphatic rings. The van der Waals surface area contributed by atoms with Crippen molar-refractivity contribution >= 4 is 0 Å². The lowest BCUT2D eigenvalue weighted by Crippen LogP contribution is -2.32. The molecule has 13 heavy (non-hydrogen) atoms. The molecule has 1 unspecified atom stereocenters. The first-order valence-corrected chi connectivity index (χ1v) is 5.13. The van der Waals surface area contributed by atoms with Gasteiger partial charge in [-0.05, 0) is 36.5 Å². The molecular formula is C12H17N. The molecule has 0 aromatic heterocycles. The van der Waals surface area contributed by atoms with Gasteiger partial charge in [0, 0.05) is 12.6 Å². The summed E-state index contributed by atoms with van der Waals surface area (Å²) in [5.41, 5.74) is 4.48. The summed E-state index contributed by atoms with van der Waals surface area (Å²) in [6.07, 6.45) is 2.32. The Balaban J connectivity index is 2.31. The standard InChI is InChI=1S/C12H17N/c1-3-10-4-5-11-6-9(2)13-8-12(11)7-10/h4-5,7,9,13H,3,6,8H2,1-2H3. The third kappa shape index (κ3) is 1.75. The molecule has 1 N–H and O–H groups in total. The average Bonchev–Trinajstić information content (AvgIpc) is 2.17. The molecule has 1 heteroatoms. The topological polar surface area (TPSA) is 12.0 Å². The van der Waals surface area contributed by atoms with E-state index in [-0.39, 0.29) is 0 Å². The number of benzene rings is 1. The largest absolute Gasteiger partial charge is 0.310 e. The van der Waals surface area contributed by atoms with Gasteiger partial charge in [0.2, 0.25) is 0 Å². The van der Waals surface area contributed by atoms with Crippen LogP contribution < -0.4 is 5.32 Å². The third-order valence-corrected chi connectivity index (χ3v) is 2.85. The Kier molecular flexibility index (Phi) is 2.36. The molecule has 0 bridgehead atoms. The van der Waals surface area contributed by atoms with Crippen molar-refractivity contribution in [3.8, 4) is 0 Å². The van der Waals surface area contributed by atoms with E-state index in [1.54, 1.807) is 0 Å². The fourth-order valence-corrected chi connectivity index (χ4v) is 1.95. The molecule has 1 aromatic rings. The average molecular weight is 175 g/mol. The second-order valence-electron chi connectivity index (χ2n) is 3.94. The molecule has 1 heterocycles. The minimum atomic E-state index is 0.639. The maximum atomic E-state index is 3.49. The Labute approximate surface area is 80.2 Å². The van der Waals surface area contributed by atoms with Crippen molar-refractivity contribution in [1.29, 1.82) is 0 Å². The van der Waals surface area contributed by atoms with Crippen LogP contribution in [0.2, 0.25) is 0 Å². The summed E-state index contributed by atoms with van der Waals surface area (Å²) >= 11 is 0. The van der Waals surface area contributed by atoms with Gasteiger partial charge in [-0.15, -0.1) is 0 Å². The van der Waals surface area contributed by atoms with E-state index in [0.29, 0.717) is 6.04 Å². The van der Waals surface area contributed by atoms with Crippen LogP contribution in [0.4, 0.5) is 0 Å². The van der Waals surface area contributed by atoms with Crippen LogP contribution in [-0.4, -0.2) is 6.04 Å². The number of hydrogen-bond acceptors (Lipinski definition) is 1. The van der Waals surface area contributed by atoms with Crippen molar-refractivity contribution < 1.29 is 0 Å². The molecular weight excluding hydrogens is 158 g/mol. The molecule has 2 rings (SSSR count). The van der Waals surface area contributed by atoms with Crippen LogP contribution in [-0.2, 0) is 19.4 Å². The maximum absolute atomic E-state index is 3.49. The Morgan fingerprint density at radius 1 is 1.38 bits per heavy atom. The highest BCUT2D eigenvalue weighted by molar-refractivity contribution is 5.34. The number of hydrogen-bond donors (Lipinski definition) is 1. The normalized spacial score (nSPS) is 21.2. The van der Waals surface area contributed by atoms with Crippen molar-refractivity contribution in [1.82, 2.24) is 5.32 Å². The number of aryl methyl sites for hydroxylation is 1. The van der Waals surface area contributed by atoms with Crippen molar-refractivity contribution in [2.45, 2.75) is 39.3 Å². The van der Waals surface area contributed by atoms with E-state index < -0.39 is 0 Å². The minimum Gasteiger partial charge on any atom is -0.310 e. The second-order valence-corrected chi connectivity index (χ2v) is 3.94. The lowest BCUT2D eigenvalue weighted by Gasteiger charge is -2.23. The van der Waals surface area contributed by atoms with Gasteiger partial charge in [0.1, 0.15) is 0 Å². The summed E-state index contributed by atoms with van der Waals surface area (Å²) in [7, 11) is 0. The fourth-order valence-electron chi connectivity index (χ4n) is 1.95. The molecule has 1 aromatic carbocycles. The molecule has 70 valence electrons. The highest BCUT2D eigenvalue weighted by atomic mass is 14.9. The molecule has 0 fully saturated rings. The highest BCUT2D eigenvalue weighted by Crippen LogP contribution is 2.18. The summed E-state index contributed by atoms with van der Waals surface area (Å²) in [5, 5.41) is 3.49. The van der Waals surface area contributed by atoms with Gasteiger partial charge in [-0.25, -0.2) is 0 Å². The Morgan fingerprint density at radius 2 is 2.23 bits per heavy atom. The van der Waals surface area contributed by atoms with Crippen LogP contribution in [0.3, 0.4) is 0 Å². The van der Waals surface area contributed by atoms with Gasteiger partial charge in [0.25, 0.3) is 0 Å². The summed E-state index contributed by atoms with van der Waals surface area (Å²) in [6, 6.07) is 7.54. The van der Waals surface area contributed by atoms with E-state index in [9.17, 15) is 0 Å². The van der Waals surface area contributed by atoms with Gasteiger partial charge >= 0.3 is 0 Å². The molecule has 0 spiro atoms. The number of rotatable bonds is 1. The first-order chi connectivity index (χ1) is 6.29. The van der Waals surface area contributed by atoms with E-state index in [1.165, 1.54) is 23.1 Å². The fraction of sp³-hybridized carbons (Fsp3) is 0.500. The van der Waals surface area contributed by atoms with Crippen molar-refractivity contribution in [2.24, 2.45) is 0 Å². The lowest BCUT2D eigenvalue weighted by atomic mass is 9.94. The van der Waals surface area contributed by atoms with Gasteiger partial charge < -0.3 is 5.32 Å². The SMILES string of the molecule is CCc1ccc2c(c1)CNC(C)C2. The molecule has 0 saturated carbocycles. The molecule has 0 radical (unpaired) electrons. The third-order valence-electron chi connectivity index (χ3n) is 2.85. The first kappa shape index (κ1) is 8.76. The van der Waals surface area contributed by atoms with Gasteiger partial charge in [0.15, 0.2) is 0 Å². The van der Waals surface area contributed by atoms with E-state index >= 15 is 0 Å². The number of fused-ring (bicyclic) bond motifs is 1. The summed E-state index contributed by atoms with van der Waals surface area (Å²) < 4.78 is 0. The van der Waals surface area contributed by atoms with Crippen molar-refractivity contribution in [3.63, 3.8) is 0 Å². The quantitative estimate of drug-likeness (QED) is 0.690. The first-order valence-electron chi connectivity index (χ1n) is 5.13. The molecule has 1 atom stereocenters. The summed E-state index contributed by atoms with van der Waals surface area (Å²) in [5.74, 6) is 0. The van der Waals surface area contributed by atoms with E-state index in [1.807, 2.05) is 0 Å². The summed E-state index contributed by atoms with van der Waals surface area (Å²) in [4.78, 5) is 0. The van der Waals surface area contributed by atoms with Gasteiger partial charge in [-0.2, -0.15) is 0 Å². The zero-order chi connectivity index (χ0) is 9.26. The van der Waals surface area contributed by atoms with Crippen LogP contribution in [0.1, 0.15) is 30.5 Å². The molecule has 0 aliphatic carbocycles. The van der Waals surface area contributed by atoms with Crippen molar-refractivity contribution in [2.75, 3.05) is 0 Å². The van der Waals surface area contributed by atoms with Gasteiger partial charge in [0.05, 0.1) is 0 Å². The zero-order valence-corrected chi connectivity index (χ0v) is 8.43. The molecule has 0 amide bonds. The molecule has 0 saturated heterocycles. The minimum absolute atomic E-state index is 0.639. The monoisotopic (exact) mass is 175 g/mol. The Bertz CT molecular complexity index is 304. The molecule has 1 nitrogen and oxygen atoms in total. The van der Waals surface area contributed by atoms with Gasteiger partial charge in [-0.3, -0.25) is 0 Å². The van der Waals surface area contributed by atoms with E-state index in [0.717, 1.165) is 13.0 Å². The lowest BCUT2D eigenvalue weighted by molar-refractivity contribution is 0.513. The van der Waals surface area contributed by atoms with E-state index in [4.69, 9.17) is 0 Å². The smallest absolute Gasteiger partial charge is 0.0210 e. The molecule has 1 aliphatic heterocycles.